The third kappa shape index (κ3) is 0.968. The van der Waals surface area contributed by atoms with Gasteiger partial charge in [-0.2, -0.15) is 0 Å². The van der Waals surface area contributed by atoms with Crippen LogP contribution in [0.3, 0.4) is 0 Å². The second kappa shape index (κ2) is 2.54. The first-order chi connectivity index (χ1) is 4.88. The van der Waals surface area contributed by atoms with Gasteiger partial charge >= 0.3 is 0 Å². The lowest BCUT2D eigenvalue weighted by Crippen LogP contribution is -2.46. The van der Waals surface area contributed by atoms with Crippen LogP contribution in [0.15, 0.2) is 0 Å². The van der Waals surface area contributed by atoms with Crippen molar-refractivity contribution < 1.29 is 0 Å². The zero-order valence-electron chi connectivity index (χ0n) is 6.84. The van der Waals surface area contributed by atoms with Crippen LogP contribution in [0.1, 0.15) is 38.5 Å². The summed E-state index contributed by atoms with van der Waals surface area (Å²) in [5, 5.41) is 0. The van der Waals surface area contributed by atoms with Gasteiger partial charge in [-0.05, 0) is 32.7 Å². The molecule has 0 unspecified atom stereocenters. The molecule has 1 heteroatoms. The van der Waals surface area contributed by atoms with E-state index in [1.165, 1.54) is 38.5 Å². The van der Waals surface area contributed by atoms with Crippen LogP contribution in [-0.2, 0) is 0 Å². The lowest BCUT2D eigenvalue weighted by atomic mass is 9.85. The van der Waals surface area contributed by atoms with Gasteiger partial charge in [0, 0.05) is 12.1 Å². The molecule has 2 rings (SSSR count). The molecule has 2 heterocycles. The van der Waals surface area contributed by atoms with E-state index in [0.29, 0.717) is 0 Å². The van der Waals surface area contributed by atoms with Crippen LogP contribution in [0.25, 0.3) is 0 Å². The molecule has 0 saturated carbocycles. The standard InChI is InChI=1S/C9H17N/c1-10-8-4-2-5-9(10)7-3-6-8/h8-9H,2-7H2,1H3/t8-,9+. The van der Waals surface area contributed by atoms with E-state index in [-0.39, 0.29) is 0 Å². The van der Waals surface area contributed by atoms with Gasteiger partial charge in [-0.25, -0.2) is 0 Å². The van der Waals surface area contributed by atoms with Crippen molar-refractivity contribution in [3.63, 3.8) is 0 Å². The minimum Gasteiger partial charge on any atom is -0.300 e. The van der Waals surface area contributed by atoms with Gasteiger partial charge < -0.3 is 4.90 Å². The zero-order valence-corrected chi connectivity index (χ0v) is 6.84. The summed E-state index contributed by atoms with van der Waals surface area (Å²) >= 11 is 0. The topological polar surface area (TPSA) is 3.24 Å². The maximum Gasteiger partial charge on any atom is 0.00951 e. The minimum atomic E-state index is 0.951. The summed E-state index contributed by atoms with van der Waals surface area (Å²) in [5.74, 6) is 0. The van der Waals surface area contributed by atoms with Crippen molar-refractivity contribution in [2.45, 2.75) is 50.6 Å². The highest BCUT2D eigenvalue weighted by Crippen LogP contribution is 2.31. The molecule has 2 aliphatic heterocycles. The maximum atomic E-state index is 2.62. The van der Waals surface area contributed by atoms with Crippen LogP contribution in [-0.4, -0.2) is 24.0 Å². The summed E-state index contributed by atoms with van der Waals surface area (Å²) < 4.78 is 0. The van der Waals surface area contributed by atoms with Gasteiger partial charge in [-0.1, -0.05) is 12.8 Å². The molecule has 2 bridgehead atoms. The molecular formula is C9H17N. The molecule has 10 heavy (non-hydrogen) atoms. The van der Waals surface area contributed by atoms with Gasteiger partial charge in [0.25, 0.3) is 0 Å². The molecule has 0 spiro atoms. The summed E-state index contributed by atoms with van der Waals surface area (Å²) in [6, 6.07) is 1.90. The van der Waals surface area contributed by atoms with E-state index in [1.807, 2.05) is 0 Å². The van der Waals surface area contributed by atoms with E-state index in [1.54, 1.807) is 0 Å². The third-order valence-electron chi connectivity index (χ3n) is 3.30. The Labute approximate surface area is 63.4 Å². The number of nitrogens with zero attached hydrogens (tertiary/aromatic N) is 1. The fraction of sp³-hybridized carbons (Fsp3) is 1.00. The molecule has 0 aliphatic carbocycles. The molecule has 0 N–H and O–H groups in total. The quantitative estimate of drug-likeness (QED) is 0.496. The van der Waals surface area contributed by atoms with Gasteiger partial charge in [0.05, 0.1) is 0 Å². The number of piperidine rings is 2. The summed E-state index contributed by atoms with van der Waals surface area (Å²) in [7, 11) is 2.31. The Hall–Kier alpha value is -0.0400. The Morgan fingerprint density at radius 2 is 1.30 bits per heavy atom. The Bertz CT molecular complexity index is 99.9. The highest BCUT2D eigenvalue weighted by atomic mass is 15.2. The fourth-order valence-electron chi connectivity index (χ4n) is 2.58. The Balaban J connectivity index is 2.05. The molecule has 2 aliphatic rings. The van der Waals surface area contributed by atoms with Crippen LogP contribution in [0, 0.1) is 0 Å². The van der Waals surface area contributed by atoms with E-state index in [0.717, 1.165) is 12.1 Å². The number of hydrogen-bond acceptors (Lipinski definition) is 1. The molecule has 0 atom stereocenters. The van der Waals surface area contributed by atoms with Crippen molar-refractivity contribution in [1.29, 1.82) is 0 Å². The molecule has 0 amide bonds. The van der Waals surface area contributed by atoms with Crippen molar-refractivity contribution >= 4 is 0 Å². The molecule has 58 valence electrons. The smallest absolute Gasteiger partial charge is 0.00951 e. The first-order valence-corrected chi connectivity index (χ1v) is 4.60. The first-order valence-electron chi connectivity index (χ1n) is 4.60. The monoisotopic (exact) mass is 139 g/mol. The Kier molecular flexibility index (Phi) is 1.69. The average Bonchev–Trinajstić information content (AvgIpc) is 1.86. The second-order valence-corrected chi connectivity index (χ2v) is 3.83. The summed E-state index contributed by atoms with van der Waals surface area (Å²) in [4.78, 5) is 2.62. The summed E-state index contributed by atoms with van der Waals surface area (Å²) in [6.07, 6.45) is 8.83. The second-order valence-electron chi connectivity index (χ2n) is 3.83. The van der Waals surface area contributed by atoms with Crippen LogP contribution in [0.2, 0.25) is 0 Å². The van der Waals surface area contributed by atoms with Crippen molar-refractivity contribution in [2.24, 2.45) is 0 Å². The van der Waals surface area contributed by atoms with Gasteiger partial charge in [-0.3, -0.25) is 0 Å². The molecule has 0 aromatic carbocycles. The summed E-state index contributed by atoms with van der Waals surface area (Å²) in [5.41, 5.74) is 0. The lowest BCUT2D eigenvalue weighted by molar-refractivity contribution is 0.0673. The normalized spacial score (nSPS) is 41.7. The van der Waals surface area contributed by atoms with Crippen LogP contribution >= 0.6 is 0 Å². The van der Waals surface area contributed by atoms with Crippen LogP contribution in [0.5, 0.6) is 0 Å². The molecule has 0 radical (unpaired) electrons. The van der Waals surface area contributed by atoms with E-state index in [2.05, 4.69) is 11.9 Å². The number of rotatable bonds is 0. The number of hydrogen-bond donors (Lipinski definition) is 0. The molecule has 2 saturated heterocycles. The van der Waals surface area contributed by atoms with E-state index < -0.39 is 0 Å². The summed E-state index contributed by atoms with van der Waals surface area (Å²) in [6.45, 7) is 0. The molecular weight excluding hydrogens is 122 g/mol. The van der Waals surface area contributed by atoms with Gasteiger partial charge in [0.15, 0.2) is 0 Å². The number of fused-ring (bicyclic) bond motifs is 2. The predicted molar refractivity (Wildman–Crippen MR) is 43.0 cm³/mol. The van der Waals surface area contributed by atoms with Crippen molar-refractivity contribution in [2.75, 3.05) is 7.05 Å². The predicted octanol–water partition coefficient (Wildman–Crippen LogP) is 2.02. The minimum absolute atomic E-state index is 0.951. The third-order valence-corrected chi connectivity index (χ3v) is 3.30. The Morgan fingerprint density at radius 3 is 1.60 bits per heavy atom. The van der Waals surface area contributed by atoms with Gasteiger partial charge in [0.2, 0.25) is 0 Å². The van der Waals surface area contributed by atoms with E-state index in [9.17, 15) is 0 Å². The van der Waals surface area contributed by atoms with E-state index in [4.69, 9.17) is 0 Å². The zero-order chi connectivity index (χ0) is 6.97. The van der Waals surface area contributed by atoms with Gasteiger partial charge in [0.1, 0.15) is 0 Å². The maximum absolute atomic E-state index is 2.62. The first kappa shape index (κ1) is 6.66. The van der Waals surface area contributed by atoms with Crippen molar-refractivity contribution in [3.8, 4) is 0 Å². The SMILES string of the molecule is CN1[C@H]2CCC[C@@H]1CCC2. The average molecular weight is 139 g/mol. The van der Waals surface area contributed by atoms with Crippen molar-refractivity contribution in [1.82, 2.24) is 4.90 Å². The largest absolute Gasteiger partial charge is 0.300 e. The van der Waals surface area contributed by atoms with Crippen LogP contribution < -0.4 is 0 Å². The highest BCUT2D eigenvalue weighted by Gasteiger charge is 2.30. The highest BCUT2D eigenvalue weighted by molar-refractivity contribution is 4.86. The fourth-order valence-corrected chi connectivity index (χ4v) is 2.58. The Morgan fingerprint density at radius 1 is 0.900 bits per heavy atom. The molecule has 0 aromatic heterocycles. The van der Waals surface area contributed by atoms with Crippen molar-refractivity contribution in [3.05, 3.63) is 0 Å². The molecule has 0 aromatic rings. The lowest BCUT2D eigenvalue weighted by Gasteiger charge is -2.43. The van der Waals surface area contributed by atoms with E-state index >= 15 is 0 Å². The van der Waals surface area contributed by atoms with Gasteiger partial charge in [-0.15, -0.1) is 0 Å². The molecule has 2 fully saturated rings. The molecule has 1 nitrogen and oxygen atoms in total. The van der Waals surface area contributed by atoms with Crippen LogP contribution in [0.4, 0.5) is 0 Å².